The summed E-state index contributed by atoms with van der Waals surface area (Å²) >= 11 is 1.74. The van der Waals surface area contributed by atoms with Crippen LogP contribution in [0.3, 0.4) is 0 Å². The number of hydrogen-bond donors (Lipinski definition) is 0. The van der Waals surface area contributed by atoms with Crippen LogP contribution in [0.1, 0.15) is 0 Å². The van der Waals surface area contributed by atoms with E-state index in [1.54, 1.807) is 11.3 Å². The second-order valence-corrected chi connectivity index (χ2v) is 13.7. The largest absolute Gasteiger partial charge is 0.435 e. The molecule has 0 aliphatic carbocycles. The van der Waals surface area contributed by atoms with Gasteiger partial charge in [-0.25, -0.2) is 19.9 Å². The Morgan fingerprint density at radius 1 is 0.385 bits per heavy atom. The molecule has 3 aromatic heterocycles. The zero-order chi connectivity index (χ0) is 34.4. The number of rotatable bonds is 6. The molecule has 0 unspecified atom stereocenters. The molecule has 10 aromatic rings. The van der Waals surface area contributed by atoms with Crippen LogP contribution in [0.2, 0.25) is 0 Å². The first-order valence-corrected chi connectivity index (χ1v) is 18.0. The van der Waals surface area contributed by atoms with Crippen molar-refractivity contribution in [2.75, 3.05) is 0 Å². The minimum atomic E-state index is 0.541. The molecule has 0 atom stereocenters. The van der Waals surface area contributed by atoms with Crippen molar-refractivity contribution in [3.8, 4) is 67.9 Å². The molecule has 3 heterocycles. The molecule has 0 spiro atoms. The standard InChI is InChI=1S/C46H28N4OS/c1-4-12-29(13-5-1)30-20-22-31(23-21-30)32-24-26-34(27-25-32)44-48-43(33-14-6-2-7-15-33)49-45(50-44)41-40-36-18-10-11-19-38(36)52-39(40)28-37-42(41)51-46(47-37)35-16-8-3-9-17-35/h1-28H. The molecule has 244 valence electrons. The average molecular weight is 685 g/mol. The highest BCUT2D eigenvalue weighted by atomic mass is 32.1. The molecule has 10 rings (SSSR count). The van der Waals surface area contributed by atoms with Gasteiger partial charge in [-0.05, 0) is 46.5 Å². The van der Waals surface area contributed by atoms with Gasteiger partial charge in [-0.15, -0.1) is 11.3 Å². The van der Waals surface area contributed by atoms with Crippen LogP contribution in [-0.4, -0.2) is 19.9 Å². The van der Waals surface area contributed by atoms with Crippen molar-refractivity contribution >= 4 is 42.6 Å². The molecule has 0 saturated heterocycles. The molecule has 52 heavy (non-hydrogen) atoms. The van der Waals surface area contributed by atoms with E-state index in [4.69, 9.17) is 24.4 Å². The normalized spacial score (nSPS) is 11.5. The van der Waals surface area contributed by atoms with Crippen molar-refractivity contribution in [2.24, 2.45) is 0 Å². The molecule has 5 nitrogen and oxygen atoms in total. The fourth-order valence-electron chi connectivity index (χ4n) is 6.82. The van der Waals surface area contributed by atoms with Crippen molar-refractivity contribution in [2.45, 2.75) is 0 Å². The van der Waals surface area contributed by atoms with Crippen LogP contribution in [0, 0.1) is 0 Å². The van der Waals surface area contributed by atoms with Gasteiger partial charge in [-0.2, -0.15) is 0 Å². The highest BCUT2D eigenvalue weighted by Gasteiger charge is 2.24. The van der Waals surface area contributed by atoms with Crippen molar-refractivity contribution in [1.29, 1.82) is 0 Å². The molecule has 7 aromatic carbocycles. The Morgan fingerprint density at radius 2 is 0.846 bits per heavy atom. The number of oxazole rings is 1. The third kappa shape index (κ3) is 5.34. The lowest BCUT2D eigenvalue weighted by molar-refractivity contribution is 0.621. The molecule has 0 radical (unpaired) electrons. The minimum Gasteiger partial charge on any atom is -0.435 e. The summed E-state index contributed by atoms with van der Waals surface area (Å²) in [6.07, 6.45) is 0. The maximum atomic E-state index is 6.65. The Labute approximate surface area is 303 Å². The van der Waals surface area contributed by atoms with Gasteiger partial charge in [0.05, 0.1) is 5.56 Å². The number of nitrogens with zero attached hydrogens (tertiary/aromatic N) is 4. The van der Waals surface area contributed by atoms with E-state index in [9.17, 15) is 0 Å². The topological polar surface area (TPSA) is 64.7 Å². The van der Waals surface area contributed by atoms with Crippen molar-refractivity contribution in [3.05, 3.63) is 170 Å². The second-order valence-electron chi connectivity index (χ2n) is 12.6. The van der Waals surface area contributed by atoms with Gasteiger partial charge in [0.15, 0.2) is 23.1 Å². The number of aromatic nitrogens is 4. The smallest absolute Gasteiger partial charge is 0.227 e. The van der Waals surface area contributed by atoms with E-state index in [0.29, 0.717) is 28.9 Å². The monoisotopic (exact) mass is 684 g/mol. The Balaban J connectivity index is 1.15. The van der Waals surface area contributed by atoms with E-state index in [1.165, 1.54) is 15.8 Å². The highest BCUT2D eigenvalue weighted by molar-refractivity contribution is 7.26. The molecule has 0 fully saturated rings. The van der Waals surface area contributed by atoms with Crippen LogP contribution in [0.25, 0.3) is 99.1 Å². The molecule has 0 N–H and O–H groups in total. The van der Waals surface area contributed by atoms with E-state index in [0.717, 1.165) is 54.4 Å². The zero-order valence-corrected chi connectivity index (χ0v) is 28.6. The Bertz CT molecular complexity index is 2870. The first-order chi connectivity index (χ1) is 25.7. The van der Waals surface area contributed by atoms with Gasteiger partial charge < -0.3 is 4.42 Å². The third-order valence-corrected chi connectivity index (χ3v) is 10.5. The fraction of sp³-hybridized carbons (Fsp3) is 0. The molecule has 0 aliphatic heterocycles. The number of benzene rings is 7. The van der Waals surface area contributed by atoms with Gasteiger partial charge in [0.2, 0.25) is 5.89 Å². The summed E-state index contributed by atoms with van der Waals surface area (Å²) in [4.78, 5) is 20.4. The summed E-state index contributed by atoms with van der Waals surface area (Å²) in [6.45, 7) is 0. The average Bonchev–Trinajstić information content (AvgIpc) is 3.82. The maximum absolute atomic E-state index is 6.65. The van der Waals surface area contributed by atoms with Crippen LogP contribution in [0.4, 0.5) is 0 Å². The molecule has 6 heteroatoms. The lowest BCUT2D eigenvalue weighted by Gasteiger charge is -2.10. The quantitative estimate of drug-likeness (QED) is 0.174. The van der Waals surface area contributed by atoms with Crippen LogP contribution in [-0.2, 0) is 0 Å². The van der Waals surface area contributed by atoms with E-state index in [1.807, 2.05) is 66.7 Å². The summed E-state index contributed by atoms with van der Waals surface area (Å²) in [6, 6.07) is 58.2. The number of fused-ring (bicyclic) bond motifs is 4. The van der Waals surface area contributed by atoms with E-state index in [2.05, 4.69) is 103 Å². The number of thiophene rings is 1. The summed E-state index contributed by atoms with van der Waals surface area (Å²) in [5.74, 6) is 2.28. The van der Waals surface area contributed by atoms with Crippen LogP contribution < -0.4 is 0 Å². The lowest BCUT2D eigenvalue weighted by atomic mass is 9.99. The minimum absolute atomic E-state index is 0.541. The Hall–Kier alpha value is -6.76. The van der Waals surface area contributed by atoms with Crippen molar-refractivity contribution < 1.29 is 4.42 Å². The molecule has 0 saturated carbocycles. The predicted molar refractivity (Wildman–Crippen MR) is 213 cm³/mol. The maximum Gasteiger partial charge on any atom is 0.227 e. The van der Waals surface area contributed by atoms with Crippen molar-refractivity contribution in [1.82, 2.24) is 19.9 Å². The van der Waals surface area contributed by atoms with E-state index >= 15 is 0 Å². The second kappa shape index (κ2) is 12.5. The Morgan fingerprint density at radius 3 is 1.46 bits per heavy atom. The third-order valence-electron chi connectivity index (χ3n) is 9.40. The first-order valence-electron chi connectivity index (χ1n) is 17.1. The van der Waals surface area contributed by atoms with Gasteiger partial charge in [-0.3, -0.25) is 0 Å². The summed E-state index contributed by atoms with van der Waals surface area (Å²) in [7, 11) is 0. The van der Waals surface area contributed by atoms with Crippen LogP contribution in [0.15, 0.2) is 174 Å². The van der Waals surface area contributed by atoms with Crippen LogP contribution >= 0.6 is 11.3 Å². The van der Waals surface area contributed by atoms with E-state index in [-0.39, 0.29) is 0 Å². The molecule has 0 aliphatic rings. The van der Waals surface area contributed by atoms with E-state index < -0.39 is 0 Å². The lowest BCUT2D eigenvalue weighted by Crippen LogP contribution is -2.00. The van der Waals surface area contributed by atoms with Gasteiger partial charge in [0.1, 0.15) is 5.52 Å². The summed E-state index contributed by atoms with van der Waals surface area (Å²) in [5.41, 5.74) is 9.60. The zero-order valence-electron chi connectivity index (χ0n) is 27.8. The predicted octanol–water partition coefficient (Wildman–Crippen LogP) is 12.4. The molecular formula is C46H28N4OS. The highest BCUT2D eigenvalue weighted by Crippen LogP contribution is 2.45. The molecule has 0 amide bonds. The summed E-state index contributed by atoms with van der Waals surface area (Å²) < 4.78 is 8.93. The van der Waals surface area contributed by atoms with Crippen molar-refractivity contribution in [3.63, 3.8) is 0 Å². The fourth-order valence-corrected chi connectivity index (χ4v) is 7.97. The van der Waals surface area contributed by atoms with Gasteiger partial charge in [0, 0.05) is 36.9 Å². The first kappa shape index (κ1) is 30.1. The van der Waals surface area contributed by atoms with Crippen LogP contribution in [0.5, 0.6) is 0 Å². The van der Waals surface area contributed by atoms with Gasteiger partial charge in [-0.1, -0.05) is 146 Å². The van der Waals surface area contributed by atoms with Gasteiger partial charge >= 0.3 is 0 Å². The molecular weight excluding hydrogens is 657 g/mol. The SMILES string of the molecule is c1ccc(-c2ccc(-c3ccc(-c4nc(-c5ccccc5)nc(-c5c6oc(-c7ccccc7)nc6cc6sc7ccccc7c56)n4)cc3)cc2)cc1. The Kier molecular flexibility index (Phi) is 7.25. The number of hydrogen-bond acceptors (Lipinski definition) is 6. The van der Waals surface area contributed by atoms with Gasteiger partial charge in [0.25, 0.3) is 0 Å². The summed E-state index contributed by atoms with van der Waals surface area (Å²) in [5, 5.41) is 2.18. The molecule has 0 bridgehead atoms.